The minimum absolute atomic E-state index is 0.364. The third-order valence-electron chi connectivity index (χ3n) is 1.15. The Morgan fingerprint density at radius 2 is 1.62 bits per heavy atom. The zero-order valence-corrected chi connectivity index (χ0v) is 5.98. The van der Waals surface area contributed by atoms with Gasteiger partial charge in [0.1, 0.15) is 0 Å². The van der Waals surface area contributed by atoms with E-state index in [1.807, 2.05) is 0 Å². The second-order valence-corrected chi connectivity index (χ2v) is 2.78. The first-order valence-electron chi connectivity index (χ1n) is 3.28. The van der Waals surface area contributed by atoms with E-state index in [0.717, 1.165) is 12.8 Å². The van der Waals surface area contributed by atoms with Gasteiger partial charge in [-0.1, -0.05) is 13.8 Å². The van der Waals surface area contributed by atoms with Gasteiger partial charge in [-0.25, -0.2) is 5.11 Å². The van der Waals surface area contributed by atoms with Crippen molar-refractivity contribution in [2.24, 2.45) is 5.92 Å². The Balaban J connectivity index is 2.93. The molecule has 1 radical (unpaired) electrons. The van der Waals surface area contributed by atoms with Crippen LogP contribution in [0, 0.1) is 5.92 Å². The molecular weight excluding hydrogens is 100 g/mol. The second-order valence-electron chi connectivity index (χ2n) is 2.78. The van der Waals surface area contributed by atoms with Crippen LogP contribution in [0.25, 0.3) is 0 Å². The quantitative estimate of drug-likeness (QED) is 0.537. The van der Waals surface area contributed by atoms with Crippen molar-refractivity contribution in [2.75, 3.05) is 0 Å². The zero-order chi connectivity index (χ0) is 6.57. The number of rotatable bonds is 3. The van der Waals surface area contributed by atoms with Gasteiger partial charge in [0.25, 0.3) is 0 Å². The molecule has 0 fully saturated rings. The lowest BCUT2D eigenvalue weighted by molar-refractivity contribution is 0.0924. The highest BCUT2D eigenvalue weighted by molar-refractivity contribution is 4.49. The van der Waals surface area contributed by atoms with Crippen molar-refractivity contribution in [3.63, 3.8) is 0 Å². The smallest absolute Gasteiger partial charge is 0.0902 e. The fourth-order valence-corrected chi connectivity index (χ4v) is 0.568. The van der Waals surface area contributed by atoms with Gasteiger partial charge in [-0.15, -0.1) is 0 Å². The van der Waals surface area contributed by atoms with Crippen LogP contribution in [-0.2, 0) is 5.11 Å². The molecule has 0 aliphatic rings. The second kappa shape index (κ2) is 3.90. The molecule has 0 aromatic carbocycles. The summed E-state index contributed by atoms with van der Waals surface area (Å²) in [5, 5.41) is 10.4. The molecule has 0 spiro atoms. The predicted molar refractivity (Wildman–Crippen MR) is 34.2 cm³/mol. The first-order chi connectivity index (χ1) is 3.63. The van der Waals surface area contributed by atoms with Crippen LogP contribution < -0.4 is 0 Å². The fourth-order valence-electron chi connectivity index (χ4n) is 0.568. The third kappa shape index (κ3) is 5.96. The molecule has 0 aromatic rings. The van der Waals surface area contributed by atoms with Crippen LogP contribution in [0.3, 0.4) is 0 Å². The molecule has 0 N–H and O–H groups in total. The SMILES string of the molecule is CC(C)CCC(C)[O]. The van der Waals surface area contributed by atoms with E-state index in [0.29, 0.717) is 5.92 Å². The molecule has 0 aliphatic heterocycles. The summed E-state index contributed by atoms with van der Waals surface area (Å²) in [6.45, 7) is 6.01. The molecule has 0 aliphatic carbocycles. The maximum absolute atomic E-state index is 10.4. The van der Waals surface area contributed by atoms with Gasteiger partial charge in [0, 0.05) is 0 Å². The van der Waals surface area contributed by atoms with Gasteiger partial charge in [-0.05, 0) is 25.7 Å². The van der Waals surface area contributed by atoms with Crippen LogP contribution in [-0.4, -0.2) is 6.10 Å². The largest absolute Gasteiger partial charge is 0.233 e. The van der Waals surface area contributed by atoms with Crippen molar-refractivity contribution >= 4 is 0 Å². The zero-order valence-electron chi connectivity index (χ0n) is 5.98. The first kappa shape index (κ1) is 7.96. The minimum Gasteiger partial charge on any atom is -0.233 e. The molecule has 0 heterocycles. The number of hydrogen-bond donors (Lipinski definition) is 0. The standard InChI is InChI=1S/C7H15O/c1-6(2)4-5-7(3)8/h6-7H,4-5H2,1-3H3. The topological polar surface area (TPSA) is 19.9 Å². The van der Waals surface area contributed by atoms with Crippen LogP contribution in [0.1, 0.15) is 33.6 Å². The van der Waals surface area contributed by atoms with Crippen molar-refractivity contribution in [1.29, 1.82) is 0 Å². The molecule has 0 aromatic heterocycles. The normalized spacial score (nSPS) is 14.6. The summed E-state index contributed by atoms with van der Waals surface area (Å²) in [4.78, 5) is 0. The van der Waals surface area contributed by atoms with E-state index < -0.39 is 0 Å². The van der Waals surface area contributed by atoms with E-state index >= 15 is 0 Å². The van der Waals surface area contributed by atoms with Crippen molar-refractivity contribution in [2.45, 2.75) is 39.7 Å². The van der Waals surface area contributed by atoms with Crippen molar-refractivity contribution < 1.29 is 5.11 Å². The van der Waals surface area contributed by atoms with Crippen LogP contribution >= 0.6 is 0 Å². The Bertz CT molecular complexity index is 40.3. The van der Waals surface area contributed by atoms with E-state index in [9.17, 15) is 5.11 Å². The molecule has 0 bridgehead atoms. The average Bonchev–Trinajstić information content (AvgIpc) is 1.61. The summed E-state index contributed by atoms with van der Waals surface area (Å²) < 4.78 is 0. The Morgan fingerprint density at radius 3 is 1.75 bits per heavy atom. The lowest BCUT2D eigenvalue weighted by Gasteiger charge is -2.03. The Kier molecular flexibility index (Phi) is 3.88. The Hall–Kier alpha value is -0.0400. The van der Waals surface area contributed by atoms with Crippen LogP contribution in [0.15, 0.2) is 0 Å². The molecule has 0 rings (SSSR count). The predicted octanol–water partition coefficient (Wildman–Crippen LogP) is 2.24. The molecule has 0 amide bonds. The highest BCUT2D eigenvalue weighted by Gasteiger charge is 1.98. The lowest BCUT2D eigenvalue weighted by Crippen LogP contribution is -1.99. The third-order valence-corrected chi connectivity index (χ3v) is 1.15. The molecule has 1 atom stereocenters. The van der Waals surface area contributed by atoms with Crippen molar-refractivity contribution in [3.05, 3.63) is 0 Å². The summed E-state index contributed by atoms with van der Waals surface area (Å²) in [5.74, 6) is 0.686. The molecule has 0 saturated heterocycles. The van der Waals surface area contributed by atoms with E-state index in [1.54, 1.807) is 6.92 Å². The molecular formula is C7H15O. The maximum atomic E-state index is 10.4. The molecule has 1 heteroatoms. The minimum atomic E-state index is -0.364. The van der Waals surface area contributed by atoms with Crippen molar-refractivity contribution in [3.8, 4) is 0 Å². The molecule has 1 unspecified atom stereocenters. The van der Waals surface area contributed by atoms with Gasteiger partial charge in [0.15, 0.2) is 0 Å². The van der Waals surface area contributed by atoms with Gasteiger partial charge in [0.2, 0.25) is 0 Å². The molecule has 49 valence electrons. The highest BCUT2D eigenvalue weighted by atomic mass is 16.3. The van der Waals surface area contributed by atoms with E-state index in [1.165, 1.54) is 0 Å². The summed E-state index contributed by atoms with van der Waals surface area (Å²) in [7, 11) is 0. The van der Waals surface area contributed by atoms with Gasteiger partial charge >= 0.3 is 0 Å². The molecule has 0 saturated carbocycles. The van der Waals surface area contributed by atoms with Crippen LogP contribution in [0.4, 0.5) is 0 Å². The van der Waals surface area contributed by atoms with Crippen LogP contribution in [0.5, 0.6) is 0 Å². The van der Waals surface area contributed by atoms with Crippen LogP contribution in [0.2, 0.25) is 0 Å². The molecule has 8 heavy (non-hydrogen) atoms. The molecule has 1 nitrogen and oxygen atoms in total. The lowest BCUT2D eigenvalue weighted by atomic mass is 10.1. The average molecular weight is 115 g/mol. The fraction of sp³-hybridized carbons (Fsp3) is 1.00. The van der Waals surface area contributed by atoms with E-state index in [4.69, 9.17) is 0 Å². The Labute approximate surface area is 51.7 Å². The summed E-state index contributed by atoms with van der Waals surface area (Å²) >= 11 is 0. The monoisotopic (exact) mass is 115 g/mol. The van der Waals surface area contributed by atoms with E-state index in [-0.39, 0.29) is 6.10 Å². The van der Waals surface area contributed by atoms with E-state index in [2.05, 4.69) is 13.8 Å². The summed E-state index contributed by atoms with van der Waals surface area (Å²) in [5.41, 5.74) is 0. The first-order valence-corrected chi connectivity index (χ1v) is 3.28. The van der Waals surface area contributed by atoms with Gasteiger partial charge < -0.3 is 0 Å². The summed E-state index contributed by atoms with van der Waals surface area (Å²) in [6, 6.07) is 0. The highest BCUT2D eigenvalue weighted by Crippen LogP contribution is 2.05. The van der Waals surface area contributed by atoms with Gasteiger partial charge in [-0.2, -0.15) is 0 Å². The van der Waals surface area contributed by atoms with Gasteiger partial charge in [0.05, 0.1) is 6.10 Å². The summed E-state index contributed by atoms with van der Waals surface area (Å²) in [6.07, 6.45) is 1.54. The van der Waals surface area contributed by atoms with Crippen molar-refractivity contribution in [1.82, 2.24) is 0 Å². The number of hydrogen-bond acceptors (Lipinski definition) is 0. The maximum Gasteiger partial charge on any atom is 0.0902 e. The van der Waals surface area contributed by atoms with Gasteiger partial charge in [-0.3, -0.25) is 0 Å². The Morgan fingerprint density at radius 1 is 1.12 bits per heavy atom.